The minimum Gasteiger partial charge on any atom is -0.481 e. The highest BCUT2D eigenvalue weighted by Crippen LogP contribution is 2.02. The lowest BCUT2D eigenvalue weighted by Gasteiger charge is -2.24. The molecule has 0 aromatic carbocycles. The lowest BCUT2D eigenvalue weighted by Crippen LogP contribution is -2.57. The van der Waals surface area contributed by atoms with Gasteiger partial charge >= 0.3 is 11.9 Å². The van der Waals surface area contributed by atoms with E-state index in [1.165, 1.54) is 6.92 Å². The summed E-state index contributed by atoms with van der Waals surface area (Å²) in [6.45, 7) is 2.40. The lowest BCUT2D eigenvalue weighted by atomic mass is 10.1. The molecule has 0 aliphatic heterocycles. The molecule has 0 aliphatic rings. The Balaban J connectivity index is 5.10. The molecule has 0 radical (unpaired) electrons. The fraction of sp³-hybridized carbons (Fsp3) is 0.692. The van der Waals surface area contributed by atoms with Gasteiger partial charge in [-0.25, -0.2) is 4.79 Å². The van der Waals surface area contributed by atoms with Crippen LogP contribution in [0.3, 0.4) is 0 Å². The molecular formula is C13H23N3O8. The van der Waals surface area contributed by atoms with Crippen molar-refractivity contribution in [3.8, 4) is 0 Å². The zero-order valence-corrected chi connectivity index (χ0v) is 13.3. The number of carbonyl (C=O) groups is 4. The van der Waals surface area contributed by atoms with Crippen molar-refractivity contribution in [1.29, 1.82) is 0 Å². The van der Waals surface area contributed by atoms with Crippen molar-refractivity contribution >= 4 is 23.8 Å². The van der Waals surface area contributed by atoms with Crippen LogP contribution in [0.25, 0.3) is 0 Å². The number of carboxylic acids is 2. The summed E-state index contributed by atoms with van der Waals surface area (Å²) in [6, 6.07) is -4.37. The summed E-state index contributed by atoms with van der Waals surface area (Å²) in [5.74, 6) is -4.62. The maximum absolute atomic E-state index is 12.1. The highest BCUT2D eigenvalue weighted by atomic mass is 16.4. The molecule has 0 aromatic rings. The van der Waals surface area contributed by atoms with Crippen LogP contribution in [0.2, 0.25) is 0 Å². The minimum absolute atomic E-state index is 0.328. The van der Waals surface area contributed by atoms with E-state index < -0.39 is 60.5 Å². The predicted octanol–water partition coefficient (Wildman–Crippen LogP) is -3.01. The highest BCUT2D eigenvalue weighted by Gasteiger charge is 2.31. The Bertz CT molecular complexity index is 480. The molecule has 0 unspecified atom stereocenters. The molecule has 0 saturated carbocycles. The van der Waals surface area contributed by atoms with E-state index in [0.29, 0.717) is 0 Å². The maximum Gasteiger partial charge on any atom is 0.328 e. The predicted molar refractivity (Wildman–Crippen MR) is 79.7 cm³/mol. The summed E-state index contributed by atoms with van der Waals surface area (Å²) >= 11 is 0. The summed E-state index contributed by atoms with van der Waals surface area (Å²) in [5.41, 5.74) is 5.42. The van der Waals surface area contributed by atoms with Crippen molar-refractivity contribution in [1.82, 2.24) is 10.6 Å². The van der Waals surface area contributed by atoms with Gasteiger partial charge in [0.05, 0.1) is 12.2 Å². The monoisotopic (exact) mass is 349 g/mol. The third-order valence-electron chi connectivity index (χ3n) is 3.15. The molecule has 0 aliphatic carbocycles. The molecule has 11 heteroatoms. The average Bonchev–Trinajstić information content (AvgIpc) is 2.46. The average molecular weight is 349 g/mol. The molecule has 0 aromatic heterocycles. The zero-order chi connectivity index (χ0) is 19.0. The van der Waals surface area contributed by atoms with Gasteiger partial charge in [0.1, 0.15) is 12.1 Å². The largest absolute Gasteiger partial charge is 0.481 e. The SMILES string of the molecule is C[C@@H](O)[C@H](N)C(=O)N[C@@H](CCC(=O)O)C(=O)N[C@H](C(=O)O)[C@@H](C)O. The van der Waals surface area contributed by atoms with Crippen molar-refractivity contribution < 1.29 is 39.6 Å². The molecule has 0 fully saturated rings. The van der Waals surface area contributed by atoms with E-state index in [9.17, 15) is 29.4 Å². The van der Waals surface area contributed by atoms with E-state index in [0.717, 1.165) is 6.92 Å². The molecule has 8 N–H and O–H groups in total. The Morgan fingerprint density at radius 3 is 1.88 bits per heavy atom. The van der Waals surface area contributed by atoms with Crippen molar-refractivity contribution in [2.75, 3.05) is 0 Å². The van der Waals surface area contributed by atoms with Crippen LogP contribution < -0.4 is 16.4 Å². The van der Waals surface area contributed by atoms with Gasteiger partial charge in [0, 0.05) is 6.42 Å². The number of aliphatic hydroxyl groups is 2. The van der Waals surface area contributed by atoms with E-state index >= 15 is 0 Å². The van der Waals surface area contributed by atoms with Crippen molar-refractivity contribution in [2.45, 2.75) is 57.0 Å². The second-order valence-electron chi connectivity index (χ2n) is 5.33. The van der Waals surface area contributed by atoms with Crippen molar-refractivity contribution in [3.05, 3.63) is 0 Å². The quantitative estimate of drug-likeness (QED) is 0.214. The van der Waals surface area contributed by atoms with Crippen LogP contribution in [0.4, 0.5) is 0 Å². The second-order valence-corrected chi connectivity index (χ2v) is 5.33. The third kappa shape index (κ3) is 7.35. The number of carbonyl (C=O) groups excluding carboxylic acids is 2. The fourth-order valence-corrected chi connectivity index (χ4v) is 1.67. The fourth-order valence-electron chi connectivity index (χ4n) is 1.67. The first-order valence-electron chi connectivity index (χ1n) is 7.14. The van der Waals surface area contributed by atoms with Crippen LogP contribution in [-0.2, 0) is 19.2 Å². The van der Waals surface area contributed by atoms with Gasteiger partial charge < -0.3 is 36.8 Å². The molecule has 0 rings (SSSR count). The molecule has 0 heterocycles. The molecule has 11 nitrogen and oxygen atoms in total. The van der Waals surface area contributed by atoms with Crippen LogP contribution >= 0.6 is 0 Å². The Morgan fingerprint density at radius 2 is 1.50 bits per heavy atom. The summed E-state index contributed by atoms with van der Waals surface area (Å²) in [5, 5.41) is 40.4. The van der Waals surface area contributed by atoms with Crippen molar-refractivity contribution in [2.24, 2.45) is 5.73 Å². The van der Waals surface area contributed by atoms with Gasteiger partial charge in [-0.05, 0) is 20.3 Å². The van der Waals surface area contributed by atoms with Crippen LogP contribution in [0, 0.1) is 0 Å². The molecule has 138 valence electrons. The van der Waals surface area contributed by atoms with Gasteiger partial charge in [-0.1, -0.05) is 0 Å². The number of hydrogen-bond acceptors (Lipinski definition) is 7. The van der Waals surface area contributed by atoms with Crippen LogP contribution in [0.1, 0.15) is 26.7 Å². The zero-order valence-electron chi connectivity index (χ0n) is 13.3. The smallest absolute Gasteiger partial charge is 0.328 e. The van der Waals surface area contributed by atoms with Gasteiger partial charge in [0.15, 0.2) is 6.04 Å². The summed E-state index contributed by atoms with van der Waals surface area (Å²) in [7, 11) is 0. The normalized spacial score (nSPS) is 17.0. The maximum atomic E-state index is 12.1. The Morgan fingerprint density at radius 1 is 0.958 bits per heavy atom. The van der Waals surface area contributed by atoms with Crippen LogP contribution in [0.15, 0.2) is 0 Å². The Labute approximate surface area is 137 Å². The number of nitrogens with two attached hydrogens (primary N) is 1. The number of rotatable bonds is 10. The molecule has 24 heavy (non-hydrogen) atoms. The van der Waals surface area contributed by atoms with E-state index in [4.69, 9.17) is 15.9 Å². The van der Waals surface area contributed by atoms with Crippen LogP contribution in [0.5, 0.6) is 0 Å². The van der Waals surface area contributed by atoms with E-state index in [2.05, 4.69) is 5.32 Å². The number of carboxylic acid groups (broad SMARTS) is 2. The first-order valence-corrected chi connectivity index (χ1v) is 7.14. The van der Waals surface area contributed by atoms with Gasteiger partial charge in [0.25, 0.3) is 0 Å². The van der Waals surface area contributed by atoms with Gasteiger partial charge in [-0.3, -0.25) is 14.4 Å². The highest BCUT2D eigenvalue weighted by molar-refractivity contribution is 5.92. The Hall–Kier alpha value is -2.24. The molecule has 0 spiro atoms. The number of aliphatic carboxylic acids is 2. The summed E-state index contributed by atoms with van der Waals surface area (Å²) < 4.78 is 0. The van der Waals surface area contributed by atoms with E-state index in [-0.39, 0.29) is 6.42 Å². The Kier molecular flexibility index (Phi) is 8.89. The molecular weight excluding hydrogens is 326 g/mol. The van der Waals surface area contributed by atoms with Gasteiger partial charge in [-0.2, -0.15) is 0 Å². The molecule has 5 atom stereocenters. The third-order valence-corrected chi connectivity index (χ3v) is 3.15. The number of amides is 2. The minimum atomic E-state index is -1.63. The molecule has 2 amide bonds. The van der Waals surface area contributed by atoms with E-state index in [1.807, 2.05) is 5.32 Å². The summed E-state index contributed by atoms with van der Waals surface area (Å²) in [6.07, 6.45) is -3.43. The first-order chi connectivity index (χ1) is 11.0. The first kappa shape index (κ1) is 21.8. The number of hydrogen-bond donors (Lipinski definition) is 7. The molecule has 0 bridgehead atoms. The number of nitrogens with one attached hydrogen (secondary N) is 2. The van der Waals surface area contributed by atoms with Crippen molar-refractivity contribution in [3.63, 3.8) is 0 Å². The topological polar surface area (TPSA) is 199 Å². The lowest BCUT2D eigenvalue weighted by molar-refractivity contribution is -0.145. The van der Waals surface area contributed by atoms with Crippen LogP contribution in [-0.4, -0.2) is 74.5 Å². The number of aliphatic hydroxyl groups excluding tert-OH is 2. The summed E-state index contributed by atoms with van der Waals surface area (Å²) in [4.78, 5) is 45.5. The van der Waals surface area contributed by atoms with E-state index in [1.54, 1.807) is 0 Å². The second kappa shape index (κ2) is 9.80. The standard InChI is InChI=1S/C13H23N3O8/c1-5(17)9(14)12(22)15-7(3-4-8(19)20)11(21)16-10(6(2)18)13(23)24/h5-7,9-10,17-18H,3-4,14H2,1-2H3,(H,15,22)(H,16,21)(H,19,20)(H,23,24)/t5-,6-,7+,9+,10+/m1/s1. The van der Waals surface area contributed by atoms with Gasteiger partial charge in [-0.15, -0.1) is 0 Å². The molecule has 0 saturated heterocycles. The van der Waals surface area contributed by atoms with Gasteiger partial charge in [0.2, 0.25) is 11.8 Å².